The number of nitrogen functional groups attached to an aromatic ring is 1. The summed E-state index contributed by atoms with van der Waals surface area (Å²) in [6.07, 6.45) is 5.30. The van der Waals surface area contributed by atoms with Crippen LogP contribution in [0.25, 0.3) is 11.3 Å². The quantitative estimate of drug-likeness (QED) is 0.795. The van der Waals surface area contributed by atoms with E-state index in [1.165, 1.54) is 0 Å². The number of aromatic nitrogens is 3. The summed E-state index contributed by atoms with van der Waals surface area (Å²) < 4.78 is 1.86. The number of hydrogen-bond donors (Lipinski definition) is 2. The molecule has 88 valence electrons. The second-order valence-corrected chi connectivity index (χ2v) is 3.66. The number of nitrogens with zero attached hydrogens (tertiary/aromatic N) is 3. The highest BCUT2D eigenvalue weighted by molar-refractivity contribution is 5.73. The van der Waals surface area contributed by atoms with E-state index < -0.39 is 0 Å². The summed E-state index contributed by atoms with van der Waals surface area (Å²) in [5, 5.41) is 0. The number of hydrogen-bond acceptors (Lipinski definition) is 4. The molecule has 2 rings (SSSR count). The van der Waals surface area contributed by atoms with Crippen molar-refractivity contribution >= 4 is 11.7 Å². The molecule has 0 aromatic carbocycles. The van der Waals surface area contributed by atoms with Crippen LogP contribution in [-0.2, 0) is 11.3 Å². The van der Waals surface area contributed by atoms with Crippen molar-refractivity contribution in [2.75, 3.05) is 5.73 Å². The van der Waals surface area contributed by atoms with Crippen molar-refractivity contribution in [2.24, 2.45) is 5.73 Å². The maximum absolute atomic E-state index is 10.8. The van der Waals surface area contributed by atoms with E-state index >= 15 is 0 Å². The van der Waals surface area contributed by atoms with Crippen LogP contribution in [0.1, 0.15) is 6.42 Å². The van der Waals surface area contributed by atoms with Gasteiger partial charge < -0.3 is 16.0 Å². The van der Waals surface area contributed by atoms with E-state index in [0.717, 1.165) is 11.3 Å². The average molecular weight is 231 g/mol. The Kier molecular flexibility index (Phi) is 3.04. The topological polar surface area (TPSA) is 99.8 Å². The highest BCUT2D eigenvalue weighted by Crippen LogP contribution is 2.19. The van der Waals surface area contributed by atoms with Gasteiger partial charge in [0.1, 0.15) is 5.82 Å². The molecule has 2 aromatic rings. The van der Waals surface area contributed by atoms with E-state index in [9.17, 15) is 4.79 Å². The number of primary amides is 1. The van der Waals surface area contributed by atoms with Crippen LogP contribution in [0.4, 0.5) is 5.82 Å². The van der Waals surface area contributed by atoms with Gasteiger partial charge in [0.2, 0.25) is 5.91 Å². The molecular formula is C11H13N5O. The number of imidazole rings is 1. The number of nitrogens with two attached hydrogens (primary N) is 2. The van der Waals surface area contributed by atoms with Gasteiger partial charge in [-0.05, 0) is 12.1 Å². The van der Waals surface area contributed by atoms with Crippen molar-refractivity contribution in [3.05, 3.63) is 30.9 Å². The molecule has 4 N–H and O–H groups in total. The summed E-state index contributed by atoms with van der Waals surface area (Å²) in [4.78, 5) is 18.7. The Morgan fingerprint density at radius 3 is 3.00 bits per heavy atom. The summed E-state index contributed by atoms with van der Waals surface area (Å²) in [6.45, 7) is 0.507. The maximum atomic E-state index is 10.8. The zero-order valence-corrected chi connectivity index (χ0v) is 9.21. The molecule has 2 heterocycles. The van der Waals surface area contributed by atoms with Crippen LogP contribution in [0.5, 0.6) is 0 Å². The third kappa shape index (κ3) is 2.60. The number of anilines is 1. The fraction of sp³-hybridized carbons (Fsp3) is 0.182. The van der Waals surface area contributed by atoms with Crippen molar-refractivity contribution in [3.63, 3.8) is 0 Å². The van der Waals surface area contributed by atoms with E-state index in [2.05, 4.69) is 9.97 Å². The van der Waals surface area contributed by atoms with Crippen molar-refractivity contribution < 1.29 is 4.79 Å². The molecule has 0 saturated heterocycles. The van der Waals surface area contributed by atoms with Gasteiger partial charge in [-0.25, -0.2) is 9.97 Å². The molecule has 0 bridgehead atoms. The molecule has 1 amide bonds. The molecular weight excluding hydrogens is 218 g/mol. The molecule has 0 atom stereocenters. The Morgan fingerprint density at radius 2 is 2.29 bits per heavy atom. The smallest absolute Gasteiger partial charge is 0.219 e. The lowest BCUT2D eigenvalue weighted by atomic mass is 10.2. The van der Waals surface area contributed by atoms with Crippen LogP contribution in [-0.4, -0.2) is 20.4 Å². The minimum absolute atomic E-state index is 0.282. The minimum atomic E-state index is -0.334. The molecule has 17 heavy (non-hydrogen) atoms. The summed E-state index contributed by atoms with van der Waals surface area (Å²) in [5.74, 6) is 0.115. The molecule has 0 unspecified atom stereocenters. The lowest BCUT2D eigenvalue weighted by Gasteiger charge is -2.07. The third-order valence-corrected chi connectivity index (χ3v) is 2.39. The van der Waals surface area contributed by atoms with E-state index in [-0.39, 0.29) is 12.3 Å². The predicted molar refractivity (Wildman–Crippen MR) is 63.7 cm³/mol. The molecule has 6 heteroatoms. The zero-order valence-electron chi connectivity index (χ0n) is 9.21. The highest BCUT2D eigenvalue weighted by Gasteiger charge is 2.06. The number of carbonyl (C=O) groups is 1. The first kappa shape index (κ1) is 11.1. The minimum Gasteiger partial charge on any atom is -0.384 e. The van der Waals surface area contributed by atoms with Crippen LogP contribution in [0, 0.1) is 0 Å². The largest absolute Gasteiger partial charge is 0.384 e. The molecule has 0 spiro atoms. The monoisotopic (exact) mass is 231 g/mol. The second-order valence-electron chi connectivity index (χ2n) is 3.66. The fourth-order valence-electron chi connectivity index (χ4n) is 1.58. The molecule has 6 nitrogen and oxygen atoms in total. The Labute approximate surface area is 98.3 Å². The summed E-state index contributed by atoms with van der Waals surface area (Å²) in [6, 6.07) is 3.60. The first-order valence-electron chi connectivity index (χ1n) is 5.17. The van der Waals surface area contributed by atoms with Gasteiger partial charge in [-0.2, -0.15) is 0 Å². The first-order valence-corrected chi connectivity index (χ1v) is 5.17. The van der Waals surface area contributed by atoms with Crippen molar-refractivity contribution in [1.29, 1.82) is 0 Å². The van der Waals surface area contributed by atoms with Gasteiger partial charge in [0.05, 0.1) is 18.2 Å². The molecule has 0 saturated carbocycles. The lowest BCUT2D eigenvalue weighted by molar-refractivity contribution is -0.118. The van der Waals surface area contributed by atoms with Crippen molar-refractivity contribution in [2.45, 2.75) is 13.0 Å². The summed E-state index contributed by atoms with van der Waals surface area (Å²) >= 11 is 0. The van der Waals surface area contributed by atoms with Gasteiger partial charge in [0, 0.05) is 24.7 Å². The van der Waals surface area contributed by atoms with Gasteiger partial charge in [-0.3, -0.25) is 4.79 Å². The zero-order chi connectivity index (χ0) is 12.3. The Hall–Kier alpha value is -2.37. The van der Waals surface area contributed by atoms with Gasteiger partial charge in [0.15, 0.2) is 0 Å². The number of carbonyl (C=O) groups excluding carboxylic acids is 1. The number of amides is 1. The van der Waals surface area contributed by atoms with Crippen LogP contribution >= 0.6 is 0 Å². The number of pyridine rings is 1. The molecule has 0 radical (unpaired) electrons. The van der Waals surface area contributed by atoms with E-state index in [0.29, 0.717) is 12.4 Å². The summed E-state index contributed by atoms with van der Waals surface area (Å²) in [5.41, 5.74) is 12.5. The van der Waals surface area contributed by atoms with Gasteiger partial charge in [-0.1, -0.05) is 0 Å². The molecule has 2 aromatic heterocycles. The van der Waals surface area contributed by atoms with E-state index in [4.69, 9.17) is 11.5 Å². The van der Waals surface area contributed by atoms with Gasteiger partial charge in [-0.15, -0.1) is 0 Å². The molecule has 0 fully saturated rings. The second kappa shape index (κ2) is 4.65. The van der Waals surface area contributed by atoms with Crippen LogP contribution in [0.2, 0.25) is 0 Å². The predicted octanol–water partition coefficient (Wildman–Crippen LogP) is 0.403. The van der Waals surface area contributed by atoms with Crippen molar-refractivity contribution in [1.82, 2.24) is 14.5 Å². The van der Waals surface area contributed by atoms with E-state index in [1.807, 2.05) is 10.6 Å². The van der Waals surface area contributed by atoms with Crippen LogP contribution < -0.4 is 11.5 Å². The lowest BCUT2D eigenvalue weighted by Crippen LogP contribution is -2.14. The molecule has 0 aliphatic carbocycles. The van der Waals surface area contributed by atoms with E-state index in [1.54, 1.807) is 24.8 Å². The third-order valence-electron chi connectivity index (χ3n) is 2.39. The first-order chi connectivity index (χ1) is 8.16. The van der Waals surface area contributed by atoms with Crippen LogP contribution in [0.15, 0.2) is 30.9 Å². The Balaban J connectivity index is 2.27. The average Bonchev–Trinajstić information content (AvgIpc) is 2.74. The normalized spacial score (nSPS) is 10.4. The van der Waals surface area contributed by atoms with Gasteiger partial charge >= 0.3 is 0 Å². The number of rotatable bonds is 4. The SMILES string of the molecule is NC(=O)CCn1cncc1-c1ccnc(N)c1. The number of aryl methyl sites for hydroxylation is 1. The van der Waals surface area contributed by atoms with Crippen molar-refractivity contribution in [3.8, 4) is 11.3 Å². The maximum Gasteiger partial charge on any atom is 0.219 e. The summed E-state index contributed by atoms with van der Waals surface area (Å²) in [7, 11) is 0. The van der Waals surface area contributed by atoms with Gasteiger partial charge in [0.25, 0.3) is 0 Å². The molecule has 0 aliphatic heterocycles. The Bertz CT molecular complexity index is 534. The molecule has 0 aliphatic rings. The Morgan fingerprint density at radius 1 is 1.47 bits per heavy atom. The standard InChI is InChI=1S/C11H13N5O/c12-10-5-8(1-3-15-10)9-6-14-7-16(9)4-2-11(13)17/h1,3,5-7H,2,4H2,(H2,12,15)(H2,13,17). The highest BCUT2D eigenvalue weighted by atomic mass is 16.1. The fourth-order valence-corrected chi connectivity index (χ4v) is 1.58. The van der Waals surface area contributed by atoms with Crippen LogP contribution in [0.3, 0.4) is 0 Å².